The summed E-state index contributed by atoms with van der Waals surface area (Å²) in [5, 5.41) is 0. The van der Waals surface area contributed by atoms with Gasteiger partial charge < -0.3 is 4.90 Å². The zero-order valence-corrected chi connectivity index (χ0v) is 18.1. The molecule has 0 bridgehead atoms. The van der Waals surface area contributed by atoms with Crippen LogP contribution in [0.25, 0.3) is 6.08 Å². The predicted octanol–water partition coefficient (Wildman–Crippen LogP) is 5.43. The predicted molar refractivity (Wildman–Crippen MR) is 121 cm³/mol. The highest BCUT2D eigenvalue weighted by Gasteiger charge is 2.38. The van der Waals surface area contributed by atoms with Crippen molar-refractivity contribution >= 4 is 23.5 Å². The van der Waals surface area contributed by atoms with E-state index in [1.54, 1.807) is 0 Å². The summed E-state index contributed by atoms with van der Waals surface area (Å²) in [5.74, 6) is 1.24. The quantitative estimate of drug-likeness (QED) is 0.604. The Morgan fingerprint density at radius 1 is 1.00 bits per heavy atom. The Bertz CT molecular complexity index is 764. The van der Waals surface area contributed by atoms with Crippen LogP contribution in [0.3, 0.4) is 0 Å². The Balaban J connectivity index is 1.57. The molecular weight excluding hydrogens is 358 g/mol. The van der Waals surface area contributed by atoms with Gasteiger partial charge in [-0.05, 0) is 63.3 Å². The standard InChI is InChI=1S/C25H35N3O/c1-3-27(4-2)22-15-13-19(14-16-22)17-20-18-24(26-21-9-5-6-10-21)28(25(20)29)23-11-7-8-12-23/h13-17,21,23H,3-12,18H2,1-2H3/b20-17-,26-24?. The molecule has 3 fully saturated rings. The van der Waals surface area contributed by atoms with E-state index in [9.17, 15) is 4.79 Å². The van der Waals surface area contributed by atoms with Crippen molar-refractivity contribution in [2.24, 2.45) is 4.99 Å². The first kappa shape index (κ1) is 20.2. The first-order valence-electron chi connectivity index (χ1n) is 11.7. The van der Waals surface area contributed by atoms with Crippen LogP contribution in [0.15, 0.2) is 34.8 Å². The fraction of sp³-hybridized carbons (Fsp3) is 0.600. The third-order valence-corrected chi connectivity index (χ3v) is 6.83. The maximum absolute atomic E-state index is 13.3. The molecule has 29 heavy (non-hydrogen) atoms. The lowest BCUT2D eigenvalue weighted by Crippen LogP contribution is -2.38. The lowest BCUT2D eigenvalue weighted by molar-refractivity contribution is -0.123. The van der Waals surface area contributed by atoms with Crippen molar-refractivity contribution in [3.05, 3.63) is 35.4 Å². The summed E-state index contributed by atoms with van der Waals surface area (Å²) in [5.41, 5.74) is 3.26. The molecule has 2 saturated carbocycles. The van der Waals surface area contributed by atoms with E-state index < -0.39 is 0 Å². The zero-order chi connectivity index (χ0) is 20.2. The van der Waals surface area contributed by atoms with Gasteiger partial charge in [0, 0.05) is 36.8 Å². The molecule has 1 heterocycles. The number of hydrogen-bond acceptors (Lipinski definition) is 3. The fourth-order valence-corrected chi connectivity index (χ4v) is 5.18. The molecule has 4 heteroatoms. The molecule has 1 saturated heterocycles. The molecule has 4 nitrogen and oxygen atoms in total. The summed E-state index contributed by atoms with van der Waals surface area (Å²) < 4.78 is 0. The zero-order valence-electron chi connectivity index (χ0n) is 18.1. The van der Waals surface area contributed by atoms with Gasteiger partial charge in [-0.25, -0.2) is 0 Å². The van der Waals surface area contributed by atoms with Crippen molar-refractivity contribution in [1.29, 1.82) is 0 Å². The summed E-state index contributed by atoms with van der Waals surface area (Å²) in [6, 6.07) is 9.40. The summed E-state index contributed by atoms with van der Waals surface area (Å²) in [7, 11) is 0. The van der Waals surface area contributed by atoms with E-state index in [1.807, 2.05) is 0 Å². The first-order chi connectivity index (χ1) is 14.2. The van der Waals surface area contributed by atoms with Gasteiger partial charge in [0.25, 0.3) is 5.91 Å². The molecular formula is C25H35N3O. The highest BCUT2D eigenvalue weighted by atomic mass is 16.2. The van der Waals surface area contributed by atoms with Crippen LogP contribution in [0.2, 0.25) is 0 Å². The van der Waals surface area contributed by atoms with Crippen LogP contribution in [-0.2, 0) is 4.79 Å². The van der Waals surface area contributed by atoms with Crippen LogP contribution in [-0.4, -0.2) is 41.8 Å². The molecule has 156 valence electrons. The number of benzene rings is 1. The average Bonchev–Trinajstić information content (AvgIpc) is 3.48. The van der Waals surface area contributed by atoms with E-state index in [4.69, 9.17) is 4.99 Å². The van der Waals surface area contributed by atoms with E-state index in [-0.39, 0.29) is 5.91 Å². The number of rotatable bonds is 6. The minimum Gasteiger partial charge on any atom is -0.372 e. The number of carbonyl (C=O) groups is 1. The molecule has 1 aliphatic heterocycles. The number of nitrogens with zero attached hydrogens (tertiary/aromatic N) is 3. The fourth-order valence-electron chi connectivity index (χ4n) is 5.18. The molecule has 2 aliphatic carbocycles. The topological polar surface area (TPSA) is 35.9 Å². The molecule has 0 spiro atoms. The highest BCUT2D eigenvalue weighted by molar-refractivity contribution is 6.17. The molecule has 0 atom stereocenters. The maximum Gasteiger partial charge on any atom is 0.255 e. The van der Waals surface area contributed by atoms with E-state index in [2.05, 4.69) is 54.0 Å². The second kappa shape index (κ2) is 9.15. The molecule has 0 unspecified atom stereocenters. The number of amidine groups is 1. The van der Waals surface area contributed by atoms with Crippen molar-refractivity contribution in [1.82, 2.24) is 4.90 Å². The van der Waals surface area contributed by atoms with Crippen LogP contribution >= 0.6 is 0 Å². The molecule has 0 aromatic heterocycles. The SMILES string of the molecule is CCN(CC)c1ccc(/C=C2/CC(=NC3CCCC3)N(C3CCCC3)C2=O)cc1. The van der Waals surface area contributed by atoms with Gasteiger partial charge in [0.2, 0.25) is 0 Å². The second-order valence-corrected chi connectivity index (χ2v) is 8.71. The third kappa shape index (κ3) is 4.41. The number of hydrogen-bond donors (Lipinski definition) is 0. The number of likely N-dealkylation sites (tertiary alicyclic amines) is 1. The van der Waals surface area contributed by atoms with Crippen molar-refractivity contribution in [3.8, 4) is 0 Å². The minimum absolute atomic E-state index is 0.196. The molecule has 1 aromatic rings. The number of anilines is 1. The summed E-state index contributed by atoms with van der Waals surface area (Å²) in [4.78, 5) is 22.8. The normalized spacial score (nSPS) is 23.8. The summed E-state index contributed by atoms with van der Waals surface area (Å²) in [6.45, 7) is 6.37. The van der Waals surface area contributed by atoms with Gasteiger partial charge in [-0.2, -0.15) is 0 Å². The van der Waals surface area contributed by atoms with Crippen LogP contribution in [0.5, 0.6) is 0 Å². The van der Waals surface area contributed by atoms with Crippen molar-refractivity contribution < 1.29 is 4.79 Å². The highest BCUT2D eigenvalue weighted by Crippen LogP contribution is 2.33. The van der Waals surface area contributed by atoms with Crippen molar-refractivity contribution in [2.75, 3.05) is 18.0 Å². The molecule has 4 rings (SSSR count). The smallest absolute Gasteiger partial charge is 0.255 e. The summed E-state index contributed by atoms with van der Waals surface area (Å²) in [6.07, 6.45) is 12.4. The maximum atomic E-state index is 13.3. The molecule has 1 amide bonds. The Morgan fingerprint density at radius 3 is 2.24 bits per heavy atom. The van der Waals surface area contributed by atoms with Gasteiger partial charge in [0.15, 0.2) is 0 Å². The van der Waals surface area contributed by atoms with Crippen molar-refractivity contribution in [2.45, 2.75) is 83.7 Å². The molecule has 3 aliphatic rings. The monoisotopic (exact) mass is 393 g/mol. The lowest BCUT2D eigenvalue weighted by atomic mass is 10.1. The second-order valence-electron chi connectivity index (χ2n) is 8.71. The van der Waals surface area contributed by atoms with E-state index in [0.29, 0.717) is 18.5 Å². The van der Waals surface area contributed by atoms with Crippen molar-refractivity contribution in [3.63, 3.8) is 0 Å². The lowest BCUT2D eigenvalue weighted by Gasteiger charge is -2.24. The van der Waals surface area contributed by atoms with Gasteiger partial charge in [-0.1, -0.05) is 37.8 Å². The van der Waals surface area contributed by atoms with Gasteiger partial charge in [-0.3, -0.25) is 14.7 Å². The molecule has 1 aromatic carbocycles. The van der Waals surface area contributed by atoms with E-state index >= 15 is 0 Å². The van der Waals surface area contributed by atoms with Gasteiger partial charge in [0.05, 0.1) is 6.04 Å². The van der Waals surface area contributed by atoms with E-state index in [1.165, 1.54) is 44.2 Å². The van der Waals surface area contributed by atoms with Gasteiger partial charge in [0.1, 0.15) is 5.84 Å². The average molecular weight is 394 g/mol. The van der Waals surface area contributed by atoms with Gasteiger partial charge >= 0.3 is 0 Å². The van der Waals surface area contributed by atoms with E-state index in [0.717, 1.165) is 42.9 Å². The number of aliphatic imine (C=N–C) groups is 1. The number of amides is 1. The largest absolute Gasteiger partial charge is 0.372 e. The Hall–Kier alpha value is -2.10. The number of carbonyl (C=O) groups excluding carboxylic acids is 1. The summed E-state index contributed by atoms with van der Waals surface area (Å²) >= 11 is 0. The van der Waals surface area contributed by atoms with Crippen LogP contribution in [0.1, 0.15) is 77.2 Å². The first-order valence-corrected chi connectivity index (χ1v) is 11.7. The van der Waals surface area contributed by atoms with Crippen LogP contribution < -0.4 is 4.90 Å². The van der Waals surface area contributed by atoms with Crippen LogP contribution in [0, 0.1) is 0 Å². The Morgan fingerprint density at radius 2 is 1.62 bits per heavy atom. The molecule has 0 N–H and O–H groups in total. The van der Waals surface area contributed by atoms with Crippen LogP contribution in [0.4, 0.5) is 5.69 Å². The Kier molecular flexibility index (Phi) is 6.37. The van der Waals surface area contributed by atoms with Gasteiger partial charge in [-0.15, -0.1) is 0 Å². The Labute approximate surface area is 175 Å². The third-order valence-electron chi connectivity index (χ3n) is 6.83. The minimum atomic E-state index is 0.196. The molecule has 0 radical (unpaired) electrons.